The molecule has 3 aromatic rings. The predicted molar refractivity (Wildman–Crippen MR) is 117 cm³/mol. The summed E-state index contributed by atoms with van der Waals surface area (Å²) in [7, 11) is 0. The minimum atomic E-state index is 0.397. The fourth-order valence-electron chi connectivity index (χ4n) is 3.13. The summed E-state index contributed by atoms with van der Waals surface area (Å²) in [6.45, 7) is 4.34. The molecule has 2 aromatic heterocycles. The number of anilines is 2. The molecule has 1 aliphatic rings. The molecule has 1 aliphatic heterocycles. The molecule has 150 valence electrons. The molecule has 0 atom stereocenters. The van der Waals surface area contributed by atoms with Gasteiger partial charge in [0.1, 0.15) is 23.1 Å². The maximum absolute atomic E-state index is 5.94. The second-order valence-electron chi connectivity index (χ2n) is 6.82. The minimum absolute atomic E-state index is 0.397. The molecule has 0 radical (unpaired) electrons. The number of nitrogens with one attached hydrogen (secondary N) is 2. The Labute approximate surface area is 175 Å². The second kappa shape index (κ2) is 8.91. The van der Waals surface area contributed by atoms with Gasteiger partial charge in [-0.2, -0.15) is 9.97 Å². The first kappa shape index (κ1) is 19.2. The van der Waals surface area contributed by atoms with Crippen LogP contribution in [-0.4, -0.2) is 28.2 Å². The van der Waals surface area contributed by atoms with Crippen molar-refractivity contribution in [1.29, 1.82) is 0 Å². The number of aromatic nitrogens is 2. The van der Waals surface area contributed by atoms with E-state index in [0.717, 1.165) is 49.0 Å². The summed E-state index contributed by atoms with van der Waals surface area (Å²) in [5.41, 5.74) is 0. The maximum Gasteiger partial charge on any atom is 0.234 e. The van der Waals surface area contributed by atoms with Crippen molar-refractivity contribution in [3.63, 3.8) is 0 Å². The van der Waals surface area contributed by atoms with E-state index in [2.05, 4.69) is 25.5 Å². The van der Waals surface area contributed by atoms with Gasteiger partial charge in [-0.15, -0.1) is 0 Å². The zero-order valence-corrected chi connectivity index (χ0v) is 17.0. The third-order valence-corrected chi connectivity index (χ3v) is 4.78. The van der Waals surface area contributed by atoms with Gasteiger partial charge < -0.3 is 24.7 Å². The Hall–Kier alpha value is -3.13. The van der Waals surface area contributed by atoms with Gasteiger partial charge in [0, 0.05) is 19.2 Å². The van der Waals surface area contributed by atoms with Gasteiger partial charge >= 0.3 is 0 Å². The molecule has 1 fully saturated rings. The van der Waals surface area contributed by atoms with Crippen molar-refractivity contribution in [2.45, 2.75) is 26.3 Å². The molecule has 0 amide bonds. The molecular formula is C21H23N5O2S. The third kappa shape index (κ3) is 5.23. The minimum Gasteiger partial charge on any atom is -0.465 e. The topological polar surface area (TPSA) is 75.5 Å². The zero-order valence-electron chi connectivity index (χ0n) is 16.2. The summed E-state index contributed by atoms with van der Waals surface area (Å²) in [4.78, 5) is 11.3. The Kier molecular flexibility index (Phi) is 5.90. The smallest absolute Gasteiger partial charge is 0.234 e. The van der Waals surface area contributed by atoms with Gasteiger partial charge in [-0.05, 0) is 56.2 Å². The van der Waals surface area contributed by atoms with Crippen LogP contribution in [0, 0.1) is 6.92 Å². The fourth-order valence-corrected chi connectivity index (χ4v) is 3.30. The highest BCUT2D eigenvalue weighted by atomic mass is 32.1. The molecule has 29 heavy (non-hydrogen) atoms. The van der Waals surface area contributed by atoms with Crippen molar-refractivity contribution in [2.24, 2.45) is 0 Å². The van der Waals surface area contributed by atoms with Crippen LogP contribution in [0.25, 0.3) is 0 Å². The van der Waals surface area contributed by atoms with E-state index in [9.17, 15) is 0 Å². The summed E-state index contributed by atoms with van der Waals surface area (Å²) in [5, 5.41) is 6.59. The lowest BCUT2D eigenvalue weighted by molar-refractivity contribution is 0.462. The van der Waals surface area contributed by atoms with Crippen molar-refractivity contribution in [1.82, 2.24) is 15.3 Å². The van der Waals surface area contributed by atoms with Crippen LogP contribution in [0.2, 0.25) is 0 Å². The molecule has 0 aliphatic carbocycles. The molecule has 0 unspecified atom stereocenters. The number of rotatable bonds is 6. The van der Waals surface area contributed by atoms with E-state index in [-0.39, 0.29) is 0 Å². The Morgan fingerprint density at radius 1 is 1.14 bits per heavy atom. The SMILES string of the molecule is Cc1ccc(CNC(=S)Nc2nc(Oc3ccccc3)cc(N3CCCC3)n2)o1. The van der Waals surface area contributed by atoms with E-state index in [4.69, 9.17) is 21.4 Å². The molecular weight excluding hydrogens is 386 g/mol. The summed E-state index contributed by atoms with van der Waals surface area (Å²) >= 11 is 5.39. The number of furan rings is 1. The van der Waals surface area contributed by atoms with Crippen LogP contribution in [-0.2, 0) is 6.54 Å². The Balaban J connectivity index is 1.48. The summed E-state index contributed by atoms with van der Waals surface area (Å²) in [6, 6.07) is 15.3. The van der Waals surface area contributed by atoms with E-state index in [1.165, 1.54) is 0 Å². The van der Waals surface area contributed by atoms with Crippen molar-refractivity contribution in [2.75, 3.05) is 23.3 Å². The zero-order chi connectivity index (χ0) is 20.1. The lowest BCUT2D eigenvalue weighted by atomic mass is 10.3. The van der Waals surface area contributed by atoms with Crippen molar-refractivity contribution < 1.29 is 9.15 Å². The number of thiocarbonyl (C=S) groups is 1. The van der Waals surface area contributed by atoms with Gasteiger partial charge in [0.15, 0.2) is 5.11 Å². The monoisotopic (exact) mass is 409 g/mol. The molecule has 4 rings (SSSR count). The lowest BCUT2D eigenvalue weighted by Gasteiger charge is -2.18. The van der Waals surface area contributed by atoms with Gasteiger partial charge in [-0.25, -0.2) is 0 Å². The number of ether oxygens (including phenoxy) is 1. The first-order valence-electron chi connectivity index (χ1n) is 9.63. The van der Waals surface area contributed by atoms with E-state index >= 15 is 0 Å². The number of benzene rings is 1. The van der Waals surface area contributed by atoms with Crippen molar-refractivity contribution >= 4 is 29.1 Å². The largest absolute Gasteiger partial charge is 0.465 e. The molecule has 0 saturated carbocycles. The first-order valence-corrected chi connectivity index (χ1v) is 10.0. The lowest BCUT2D eigenvalue weighted by Crippen LogP contribution is -2.29. The van der Waals surface area contributed by atoms with Crippen LogP contribution in [0.5, 0.6) is 11.6 Å². The average Bonchev–Trinajstić information content (AvgIpc) is 3.39. The normalized spacial score (nSPS) is 13.3. The third-order valence-electron chi connectivity index (χ3n) is 4.53. The number of aryl methyl sites for hydroxylation is 1. The van der Waals surface area contributed by atoms with Gasteiger partial charge in [0.25, 0.3) is 0 Å². The van der Waals surface area contributed by atoms with Crippen LogP contribution in [0.1, 0.15) is 24.4 Å². The van der Waals surface area contributed by atoms with Gasteiger partial charge in [-0.1, -0.05) is 18.2 Å². The highest BCUT2D eigenvalue weighted by Gasteiger charge is 2.17. The van der Waals surface area contributed by atoms with Crippen molar-refractivity contribution in [3.8, 4) is 11.6 Å². The molecule has 1 aromatic carbocycles. The standard InChI is InChI=1S/C21H23N5O2S/c1-15-9-10-17(27-15)14-22-21(29)25-20-23-18(26-11-5-6-12-26)13-19(24-20)28-16-7-3-2-4-8-16/h2-4,7-10,13H,5-6,11-12,14H2,1H3,(H2,22,23,24,25,29). The number of para-hydroxylation sites is 1. The summed E-state index contributed by atoms with van der Waals surface area (Å²) in [5.74, 6) is 4.10. The molecule has 0 spiro atoms. The number of hydrogen-bond donors (Lipinski definition) is 2. The van der Waals surface area contributed by atoms with Crippen LogP contribution >= 0.6 is 12.2 Å². The van der Waals surface area contributed by atoms with Gasteiger partial charge in [0.2, 0.25) is 11.8 Å². The number of hydrogen-bond acceptors (Lipinski definition) is 6. The summed E-state index contributed by atoms with van der Waals surface area (Å²) < 4.78 is 11.5. The Morgan fingerprint density at radius 3 is 2.66 bits per heavy atom. The molecule has 8 heteroatoms. The number of nitrogens with zero attached hydrogens (tertiary/aromatic N) is 3. The van der Waals surface area contributed by atoms with E-state index in [1.807, 2.05) is 55.5 Å². The molecule has 2 N–H and O–H groups in total. The average molecular weight is 410 g/mol. The van der Waals surface area contributed by atoms with Crippen LogP contribution in [0.3, 0.4) is 0 Å². The highest BCUT2D eigenvalue weighted by molar-refractivity contribution is 7.80. The molecule has 7 nitrogen and oxygen atoms in total. The van der Waals surface area contributed by atoms with E-state index in [1.54, 1.807) is 0 Å². The predicted octanol–water partition coefficient (Wildman–Crippen LogP) is 4.26. The Bertz CT molecular complexity index is 970. The quantitative estimate of drug-likeness (QED) is 0.585. The van der Waals surface area contributed by atoms with Crippen LogP contribution in [0.4, 0.5) is 11.8 Å². The molecule has 0 bridgehead atoms. The maximum atomic E-state index is 5.94. The summed E-state index contributed by atoms with van der Waals surface area (Å²) in [6.07, 6.45) is 2.31. The highest BCUT2D eigenvalue weighted by Crippen LogP contribution is 2.26. The second-order valence-corrected chi connectivity index (χ2v) is 7.23. The van der Waals surface area contributed by atoms with E-state index < -0.39 is 0 Å². The Morgan fingerprint density at radius 2 is 1.93 bits per heavy atom. The molecule has 3 heterocycles. The van der Waals surface area contributed by atoms with Crippen LogP contribution in [0.15, 0.2) is 52.9 Å². The fraction of sp³-hybridized carbons (Fsp3) is 0.286. The van der Waals surface area contributed by atoms with Gasteiger partial charge in [0.05, 0.1) is 6.54 Å². The first-order chi connectivity index (χ1) is 14.2. The van der Waals surface area contributed by atoms with E-state index in [0.29, 0.717) is 23.5 Å². The molecule has 1 saturated heterocycles. The van der Waals surface area contributed by atoms with Crippen molar-refractivity contribution in [3.05, 3.63) is 60.1 Å². The van der Waals surface area contributed by atoms with Gasteiger partial charge in [-0.3, -0.25) is 0 Å². The van der Waals surface area contributed by atoms with Crippen LogP contribution < -0.4 is 20.3 Å².